The number of hydrogen-bond acceptors (Lipinski definition) is 3. The summed E-state index contributed by atoms with van der Waals surface area (Å²) in [4.78, 5) is 0. The second-order valence-corrected chi connectivity index (χ2v) is 3.54. The molecule has 0 aromatic heterocycles. The second kappa shape index (κ2) is 7.71. The van der Waals surface area contributed by atoms with Crippen molar-refractivity contribution in [3.8, 4) is 0 Å². The highest BCUT2D eigenvalue weighted by Gasteiger charge is 2.21. The Labute approximate surface area is 77.3 Å². The average molecular weight is 194 g/mol. The van der Waals surface area contributed by atoms with Crippen LogP contribution in [0.4, 0.5) is 0 Å². The molecule has 1 heterocycles. The van der Waals surface area contributed by atoms with Gasteiger partial charge in [0.25, 0.3) is 0 Å². The van der Waals surface area contributed by atoms with Gasteiger partial charge in [0.05, 0.1) is 6.61 Å². The van der Waals surface area contributed by atoms with Gasteiger partial charge in [-0.25, -0.2) is 0 Å². The number of rotatable bonds is 2. The van der Waals surface area contributed by atoms with Crippen LogP contribution in [0, 0.1) is 0 Å². The van der Waals surface area contributed by atoms with Crippen molar-refractivity contribution in [1.29, 1.82) is 0 Å². The van der Waals surface area contributed by atoms with Crippen LogP contribution in [0.2, 0.25) is 0 Å². The van der Waals surface area contributed by atoms with Crippen molar-refractivity contribution in [3.63, 3.8) is 0 Å². The van der Waals surface area contributed by atoms with E-state index in [1.54, 1.807) is 0 Å². The fourth-order valence-corrected chi connectivity index (χ4v) is 1.44. The van der Waals surface area contributed by atoms with E-state index in [-0.39, 0.29) is 6.10 Å². The molecule has 0 aromatic rings. The Morgan fingerprint density at radius 2 is 2.00 bits per heavy atom. The smallest absolute Gasteiger partial charge is 0.266 e. The summed E-state index contributed by atoms with van der Waals surface area (Å²) in [6.07, 6.45) is 3.30. The Bertz CT molecular complexity index is 127. The molecule has 74 valence electrons. The van der Waals surface area contributed by atoms with Crippen LogP contribution in [0.5, 0.6) is 0 Å². The standard InChI is InChI=1S/C5H10O3S.C3H8/c1-2-3-5-4-7-9(6)8-5;1-3-2/h5H,2-4H2,1H3;3H2,1-2H3/t5-,9?;/m0./s1. The van der Waals surface area contributed by atoms with Crippen molar-refractivity contribution in [2.75, 3.05) is 6.61 Å². The van der Waals surface area contributed by atoms with Crippen LogP contribution in [0.1, 0.15) is 40.0 Å². The second-order valence-electron chi connectivity index (χ2n) is 2.70. The molecule has 4 heteroatoms. The summed E-state index contributed by atoms with van der Waals surface area (Å²) in [6, 6.07) is 0. The molecule has 12 heavy (non-hydrogen) atoms. The van der Waals surface area contributed by atoms with E-state index in [1.807, 2.05) is 0 Å². The largest absolute Gasteiger partial charge is 0.305 e. The predicted molar refractivity (Wildman–Crippen MR) is 49.8 cm³/mol. The first kappa shape index (κ1) is 12.1. The normalized spacial score (nSPS) is 27.9. The van der Waals surface area contributed by atoms with Gasteiger partial charge in [0, 0.05) is 0 Å². The molecule has 0 aromatic carbocycles. The van der Waals surface area contributed by atoms with Crippen LogP contribution in [0.15, 0.2) is 0 Å². The minimum absolute atomic E-state index is 0.0656. The highest BCUT2D eigenvalue weighted by Crippen LogP contribution is 2.12. The third-order valence-corrected chi connectivity index (χ3v) is 1.93. The van der Waals surface area contributed by atoms with Gasteiger partial charge in [-0.05, 0) is 6.42 Å². The SMILES string of the molecule is CCC.CCC[C@H]1COS(=O)O1. The van der Waals surface area contributed by atoms with Gasteiger partial charge in [-0.2, -0.15) is 4.21 Å². The first-order valence-corrected chi connectivity index (χ1v) is 5.46. The van der Waals surface area contributed by atoms with Gasteiger partial charge in [-0.1, -0.05) is 33.6 Å². The van der Waals surface area contributed by atoms with E-state index in [4.69, 9.17) is 4.18 Å². The molecule has 1 fully saturated rings. The van der Waals surface area contributed by atoms with E-state index < -0.39 is 11.4 Å². The maximum Gasteiger partial charge on any atom is 0.305 e. The first-order chi connectivity index (χ1) is 5.74. The highest BCUT2D eigenvalue weighted by atomic mass is 32.2. The van der Waals surface area contributed by atoms with Crippen molar-refractivity contribution in [1.82, 2.24) is 0 Å². The molecule has 0 amide bonds. The van der Waals surface area contributed by atoms with Crippen LogP contribution >= 0.6 is 0 Å². The van der Waals surface area contributed by atoms with Crippen molar-refractivity contribution in [2.24, 2.45) is 0 Å². The summed E-state index contributed by atoms with van der Waals surface area (Å²) in [7, 11) is 0. The zero-order chi connectivity index (χ0) is 9.40. The molecular formula is C8H18O3S. The topological polar surface area (TPSA) is 35.5 Å². The Kier molecular flexibility index (Phi) is 7.75. The molecule has 0 N–H and O–H groups in total. The minimum atomic E-state index is -1.45. The predicted octanol–water partition coefficient (Wildman–Crippen LogP) is 2.20. The van der Waals surface area contributed by atoms with E-state index in [1.165, 1.54) is 6.42 Å². The Hall–Kier alpha value is 0.0700. The zero-order valence-electron chi connectivity index (χ0n) is 8.04. The molecule has 1 rings (SSSR count). The molecule has 1 saturated heterocycles. The maximum atomic E-state index is 10.4. The van der Waals surface area contributed by atoms with Crippen LogP contribution in [0.25, 0.3) is 0 Å². The Morgan fingerprint density at radius 3 is 2.33 bits per heavy atom. The van der Waals surface area contributed by atoms with Gasteiger partial charge in [0.1, 0.15) is 6.10 Å². The fourth-order valence-electron chi connectivity index (χ4n) is 0.752. The van der Waals surface area contributed by atoms with Crippen molar-refractivity contribution >= 4 is 11.4 Å². The first-order valence-electron chi connectivity index (χ1n) is 4.46. The van der Waals surface area contributed by atoms with E-state index in [9.17, 15) is 4.21 Å². The van der Waals surface area contributed by atoms with Gasteiger partial charge in [0.15, 0.2) is 0 Å². The quantitative estimate of drug-likeness (QED) is 0.676. The van der Waals surface area contributed by atoms with E-state index >= 15 is 0 Å². The monoisotopic (exact) mass is 194 g/mol. The van der Waals surface area contributed by atoms with Gasteiger partial charge in [0.2, 0.25) is 0 Å². The van der Waals surface area contributed by atoms with Crippen molar-refractivity contribution < 1.29 is 12.6 Å². The molecule has 1 aliphatic rings. The van der Waals surface area contributed by atoms with Crippen LogP contribution < -0.4 is 0 Å². The van der Waals surface area contributed by atoms with E-state index in [0.29, 0.717) is 6.61 Å². The summed E-state index contributed by atoms with van der Waals surface area (Å²) in [5.74, 6) is 0. The molecule has 0 spiro atoms. The summed E-state index contributed by atoms with van der Waals surface area (Å²) < 4.78 is 19.9. The van der Waals surface area contributed by atoms with Crippen molar-refractivity contribution in [2.45, 2.75) is 46.1 Å². The van der Waals surface area contributed by atoms with Crippen LogP contribution in [-0.2, 0) is 19.7 Å². The lowest BCUT2D eigenvalue weighted by molar-refractivity contribution is 0.226. The third kappa shape index (κ3) is 5.69. The molecule has 2 atom stereocenters. The van der Waals surface area contributed by atoms with Gasteiger partial charge >= 0.3 is 11.4 Å². The van der Waals surface area contributed by atoms with Crippen LogP contribution in [-0.4, -0.2) is 16.9 Å². The van der Waals surface area contributed by atoms with Gasteiger partial charge in [-0.3, -0.25) is 8.37 Å². The average Bonchev–Trinajstić information content (AvgIpc) is 2.38. The molecule has 0 saturated carbocycles. The minimum Gasteiger partial charge on any atom is -0.266 e. The maximum absolute atomic E-state index is 10.4. The third-order valence-electron chi connectivity index (χ3n) is 1.18. The lowest BCUT2D eigenvalue weighted by atomic mass is 10.2. The summed E-state index contributed by atoms with van der Waals surface area (Å²) in [5.41, 5.74) is 0. The molecular weight excluding hydrogens is 176 g/mol. The number of hydrogen-bond donors (Lipinski definition) is 0. The molecule has 0 radical (unpaired) electrons. The molecule has 0 bridgehead atoms. The highest BCUT2D eigenvalue weighted by molar-refractivity contribution is 7.75. The van der Waals surface area contributed by atoms with Crippen LogP contribution in [0.3, 0.4) is 0 Å². The van der Waals surface area contributed by atoms with Gasteiger partial charge < -0.3 is 0 Å². The summed E-state index contributed by atoms with van der Waals surface area (Å²) >= 11 is -1.45. The summed E-state index contributed by atoms with van der Waals surface area (Å²) in [5, 5.41) is 0. The van der Waals surface area contributed by atoms with E-state index in [0.717, 1.165) is 12.8 Å². The molecule has 1 aliphatic heterocycles. The van der Waals surface area contributed by atoms with Crippen molar-refractivity contribution in [3.05, 3.63) is 0 Å². The molecule has 3 nitrogen and oxygen atoms in total. The summed E-state index contributed by atoms with van der Waals surface area (Å²) in [6.45, 7) is 6.80. The lowest BCUT2D eigenvalue weighted by Gasteiger charge is -1.99. The van der Waals surface area contributed by atoms with Gasteiger partial charge in [-0.15, -0.1) is 0 Å². The Balaban J connectivity index is 0.000000354. The zero-order valence-corrected chi connectivity index (χ0v) is 8.86. The lowest BCUT2D eigenvalue weighted by Crippen LogP contribution is -2.07. The molecule has 0 aliphatic carbocycles. The Morgan fingerprint density at radius 1 is 1.42 bits per heavy atom. The fraction of sp³-hybridized carbons (Fsp3) is 1.00. The molecule has 1 unspecified atom stereocenters. The van der Waals surface area contributed by atoms with E-state index in [2.05, 4.69) is 25.0 Å².